The van der Waals surface area contributed by atoms with Crippen LogP contribution in [0.15, 0.2) is 12.5 Å². The van der Waals surface area contributed by atoms with Gasteiger partial charge < -0.3 is 16.4 Å². The molecular weight excluding hydrogens is 206 g/mol. The molecule has 1 atom stereocenters. The number of primary amides is 1. The van der Waals surface area contributed by atoms with Gasteiger partial charge in [-0.15, -0.1) is 0 Å². The Morgan fingerprint density at radius 2 is 2.31 bits per heavy atom. The molecule has 0 bridgehead atoms. The minimum Gasteiger partial charge on any atom is -0.394 e. The van der Waals surface area contributed by atoms with E-state index in [1.807, 2.05) is 4.90 Å². The fourth-order valence-corrected chi connectivity index (χ4v) is 2.05. The van der Waals surface area contributed by atoms with E-state index < -0.39 is 0 Å². The summed E-state index contributed by atoms with van der Waals surface area (Å²) >= 11 is 0. The molecule has 16 heavy (non-hydrogen) atoms. The van der Waals surface area contributed by atoms with Crippen molar-refractivity contribution >= 4 is 17.4 Å². The van der Waals surface area contributed by atoms with E-state index in [1.54, 1.807) is 0 Å². The summed E-state index contributed by atoms with van der Waals surface area (Å²) in [6, 6.07) is -0.300. The predicted octanol–water partition coefficient (Wildman–Crippen LogP) is -0.0970. The van der Waals surface area contributed by atoms with E-state index in [2.05, 4.69) is 9.97 Å². The molecule has 0 saturated carbocycles. The second-order valence-electron chi connectivity index (χ2n) is 3.91. The minimum absolute atomic E-state index is 0.300. The summed E-state index contributed by atoms with van der Waals surface area (Å²) in [5.74, 6) is 0.288. The lowest BCUT2D eigenvalue weighted by molar-refractivity contribution is -0.119. The first-order chi connectivity index (χ1) is 7.70. The molecule has 6 nitrogen and oxygen atoms in total. The monoisotopic (exact) mass is 221 g/mol. The van der Waals surface area contributed by atoms with Gasteiger partial charge in [-0.05, 0) is 19.3 Å². The van der Waals surface area contributed by atoms with Gasteiger partial charge in [0.2, 0.25) is 5.91 Å². The summed E-state index contributed by atoms with van der Waals surface area (Å²) in [5.41, 5.74) is 11.7. The largest absolute Gasteiger partial charge is 0.394 e. The van der Waals surface area contributed by atoms with E-state index >= 15 is 0 Å². The highest BCUT2D eigenvalue weighted by Gasteiger charge is 2.28. The maximum Gasteiger partial charge on any atom is 0.240 e. The van der Waals surface area contributed by atoms with E-state index in [9.17, 15) is 4.79 Å². The number of carbonyl (C=O) groups is 1. The van der Waals surface area contributed by atoms with Crippen molar-refractivity contribution in [2.45, 2.75) is 25.3 Å². The van der Waals surface area contributed by atoms with Crippen LogP contribution in [0.25, 0.3) is 0 Å². The number of rotatable bonds is 2. The lowest BCUT2D eigenvalue weighted by atomic mass is 10.0. The summed E-state index contributed by atoms with van der Waals surface area (Å²) < 4.78 is 0. The number of hydrogen-bond acceptors (Lipinski definition) is 5. The van der Waals surface area contributed by atoms with Gasteiger partial charge in [-0.3, -0.25) is 4.79 Å². The Balaban J connectivity index is 2.30. The van der Waals surface area contributed by atoms with Gasteiger partial charge in [0, 0.05) is 6.54 Å². The van der Waals surface area contributed by atoms with Crippen LogP contribution in [-0.4, -0.2) is 28.5 Å². The smallest absolute Gasteiger partial charge is 0.240 e. The van der Waals surface area contributed by atoms with E-state index in [-0.39, 0.29) is 11.9 Å². The molecule has 1 amide bonds. The zero-order valence-corrected chi connectivity index (χ0v) is 8.97. The van der Waals surface area contributed by atoms with E-state index in [1.165, 1.54) is 12.5 Å². The first kappa shape index (κ1) is 10.7. The molecule has 1 aliphatic rings. The molecule has 1 saturated heterocycles. The first-order valence-electron chi connectivity index (χ1n) is 5.31. The second-order valence-corrected chi connectivity index (χ2v) is 3.91. The van der Waals surface area contributed by atoms with Crippen LogP contribution in [0.3, 0.4) is 0 Å². The molecule has 0 radical (unpaired) electrons. The molecule has 1 fully saturated rings. The third kappa shape index (κ3) is 1.91. The van der Waals surface area contributed by atoms with Gasteiger partial charge in [0.15, 0.2) is 5.82 Å². The number of nitrogens with two attached hydrogens (primary N) is 2. The van der Waals surface area contributed by atoms with Crippen LogP contribution < -0.4 is 16.4 Å². The fourth-order valence-electron chi connectivity index (χ4n) is 2.05. The average molecular weight is 221 g/mol. The van der Waals surface area contributed by atoms with Crippen LogP contribution in [0.1, 0.15) is 19.3 Å². The van der Waals surface area contributed by atoms with Crippen molar-refractivity contribution in [2.75, 3.05) is 17.2 Å². The third-order valence-electron chi connectivity index (χ3n) is 2.82. The summed E-state index contributed by atoms with van der Waals surface area (Å²) in [4.78, 5) is 21.2. The predicted molar refractivity (Wildman–Crippen MR) is 60.6 cm³/mol. The van der Waals surface area contributed by atoms with Crippen LogP contribution >= 0.6 is 0 Å². The molecule has 1 unspecified atom stereocenters. The van der Waals surface area contributed by atoms with E-state index in [4.69, 9.17) is 11.5 Å². The standard InChI is InChI=1S/C10H15N5O/c11-7-5-13-6-14-10(7)15-4-2-1-3-8(15)9(12)16/h5-6,8H,1-4,11H2,(H2,12,16). The Labute approximate surface area is 93.7 Å². The Morgan fingerprint density at radius 3 is 3.00 bits per heavy atom. The fraction of sp³-hybridized carbons (Fsp3) is 0.500. The van der Waals surface area contributed by atoms with Gasteiger partial charge in [-0.25, -0.2) is 9.97 Å². The molecule has 0 aliphatic carbocycles. The van der Waals surface area contributed by atoms with Gasteiger partial charge in [-0.1, -0.05) is 0 Å². The molecule has 1 aliphatic heterocycles. The van der Waals surface area contributed by atoms with Gasteiger partial charge in [0.05, 0.1) is 11.9 Å². The van der Waals surface area contributed by atoms with Crippen molar-refractivity contribution in [1.82, 2.24) is 9.97 Å². The zero-order valence-electron chi connectivity index (χ0n) is 8.97. The summed E-state index contributed by atoms with van der Waals surface area (Å²) in [6.07, 6.45) is 5.76. The highest BCUT2D eigenvalue weighted by molar-refractivity contribution is 5.84. The van der Waals surface area contributed by atoms with Crippen LogP contribution in [0.2, 0.25) is 0 Å². The number of amides is 1. The normalized spacial score (nSPS) is 20.8. The van der Waals surface area contributed by atoms with Gasteiger partial charge in [-0.2, -0.15) is 0 Å². The summed E-state index contributed by atoms with van der Waals surface area (Å²) in [5, 5.41) is 0. The number of anilines is 2. The van der Waals surface area contributed by atoms with Gasteiger partial charge >= 0.3 is 0 Å². The molecule has 1 aromatic heterocycles. The molecule has 0 aromatic carbocycles. The van der Waals surface area contributed by atoms with Crippen molar-refractivity contribution in [3.05, 3.63) is 12.5 Å². The number of hydrogen-bond donors (Lipinski definition) is 2. The highest BCUT2D eigenvalue weighted by atomic mass is 16.1. The topological polar surface area (TPSA) is 98.1 Å². The number of carbonyl (C=O) groups excluding carboxylic acids is 1. The first-order valence-corrected chi connectivity index (χ1v) is 5.31. The quantitative estimate of drug-likeness (QED) is 0.726. The molecule has 0 spiro atoms. The van der Waals surface area contributed by atoms with Crippen molar-refractivity contribution in [3.8, 4) is 0 Å². The number of aromatic nitrogens is 2. The molecule has 2 heterocycles. The molecule has 1 aromatic rings. The number of nitrogen functional groups attached to an aromatic ring is 1. The second kappa shape index (κ2) is 4.34. The molecule has 4 N–H and O–H groups in total. The number of nitrogens with zero attached hydrogens (tertiary/aromatic N) is 3. The Hall–Kier alpha value is -1.85. The van der Waals surface area contributed by atoms with Crippen LogP contribution in [0.4, 0.5) is 11.5 Å². The van der Waals surface area contributed by atoms with E-state index in [0.29, 0.717) is 11.5 Å². The third-order valence-corrected chi connectivity index (χ3v) is 2.82. The van der Waals surface area contributed by atoms with Gasteiger partial charge in [0.25, 0.3) is 0 Å². The van der Waals surface area contributed by atoms with Crippen molar-refractivity contribution in [3.63, 3.8) is 0 Å². The zero-order chi connectivity index (χ0) is 11.5. The van der Waals surface area contributed by atoms with Crippen LogP contribution in [0.5, 0.6) is 0 Å². The lowest BCUT2D eigenvalue weighted by Gasteiger charge is -2.34. The summed E-state index contributed by atoms with van der Waals surface area (Å²) in [6.45, 7) is 0.759. The van der Waals surface area contributed by atoms with Crippen LogP contribution in [-0.2, 0) is 4.79 Å². The van der Waals surface area contributed by atoms with Crippen molar-refractivity contribution < 1.29 is 4.79 Å². The van der Waals surface area contributed by atoms with Crippen LogP contribution in [0, 0.1) is 0 Å². The molecule has 6 heteroatoms. The van der Waals surface area contributed by atoms with Crippen molar-refractivity contribution in [2.24, 2.45) is 5.73 Å². The molecule has 2 rings (SSSR count). The van der Waals surface area contributed by atoms with E-state index in [0.717, 1.165) is 25.8 Å². The number of piperidine rings is 1. The Kier molecular flexibility index (Phi) is 2.89. The molecule has 86 valence electrons. The maximum atomic E-state index is 11.3. The van der Waals surface area contributed by atoms with Gasteiger partial charge in [0.1, 0.15) is 12.4 Å². The minimum atomic E-state index is -0.322. The molecular formula is C10H15N5O. The SMILES string of the molecule is NC(=O)C1CCCCN1c1ncncc1N. The van der Waals surface area contributed by atoms with Crippen molar-refractivity contribution in [1.29, 1.82) is 0 Å². The Bertz CT molecular complexity index is 395. The lowest BCUT2D eigenvalue weighted by Crippen LogP contribution is -2.48. The highest BCUT2D eigenvalue weighted by Crippen LogP contribution is 2.26. The average Bonchev–Trinajstić information content (AvgIpc) is 2.29. The maximum absolute atomic E-state index is 11.3. The summed E-state index contributed by atoms with van der Waals surface area (Å²) in [7, 11) is 0. The Morgan fingerprint density at radius 1 is 1.50 bits per heavy atom.